The molecule has 0 aliphatic heterocycles. The van der Waals surface area contributed by atoms with Crippen LogP contribution in [0.2, 0.25) is 5.02 Å². The smallest absolute Gasteiger partial charge is 0.271 e. The highest BCUT2D eigenvalue weighted by Crippen LogP contribution is 2.59. The van der Waals surface area contributed by atoms with Gasteiger partial charge in [-0.2, -0.15) is 0 Å². The minimum absolute atomic E-state index is 0.0868. The Bertz CT molecular complexity index is 633. The summed E-state index contributed by atoms with van der Waals surface area (Å²) < 4.78 is 0. The van der Waals surface area contributed by atoms with E-state index in [1.165, 1.54) is 5.57 Å². The molecule has 0 bridgehead atoms. The summed E-state index contributed by atoms with van der Waals surface area (Å²) in [6.45, 7) is 8.14. The minimum Gasteiger partial charge on any atom is -0.273 e. The second kappa shape index (κ2) is 6.13. The lowest BCUT2D eigenvalue weighted by Crippen LogP contribution is -2.43. The predicted octanol–water partition coefficient (Wildman–Crippen LogP) is 3.34. The molecule has 1 aromatic carbocycles. The Morgan fingerprint density at radius 3 is 2.41 bits per heavy atom. The number of halogens is 1. The number of hydrogen-bond acceptors (Lipinski definition) is 2. The fourth-order valence-corrected chi connectivity index (χ4v) is 2.98. The van der Waals surface area contributed by atoms with Crippen molar-refractivity contribution in [2.24, 2.45) is 17.3 Å². The molecular weight excluding hydrogens is 300 g/mol. The van der Waals surface area contributed by atoms with Crippen molar-refractivity contribution in [1.29, 1.82) is 0 Å². The van der Waals surface area contributed by atoms with Gasteiger partial charge in [-0.15, -0.1) is 0 Å². The molecule has 2 N–H and O–H groups in total. The molecule has 0 radical (unpaired) electrons. The van der Waals surface area contributed by atoms with Crippen molar-refractivity contribution in [1.82, 2.24) is 10.9 Å². The highest BCUT2D eigenvalue weighted by molar-refractivity contribution is 6.33. The molecule has 1 aliphatic carbocycles. The Labute approximate surface area is 135 Å². The fourth-order valence-electron chi connectivity index (χ4n) is 2.76. The van der Waals surface area contributed by atoms with Crippen LogP contribution in [0.4, 0.5) is 0 Å². The maximum Gasteiger partial charge on any atom is 0.271 e. The lowest BCUT2D eigenvalue weighted by atomic mass is 10.1. The lowest BCUT2D eigenvalue weighted by Gasteiger charge is -2.09. The van der Waals surface area contributed by atoms with E-state index in [2.05, 4.69) is 30.8 Å². The van der Waals surface area contributed by atoms with Gasteiger partial charge >= 0.3 is 0 Å². The Kier molecular flexibility index (Phi) is 4.61. The monoisotopic (exact) mass is 320 g/mol. The van der Waals surface area contributed by atoms with Crippen molar-refractivity contribution in [3.63, 3.8) is 0 Å². The first-order valence-electron chi connectivity index (χ1n) is 7.25. The third kappa shape index (κ3) is 3.33. The van der Waals surface area contributed by atoms with Gasteiger partial charge in [0.1, 0.15) is 0 Å². The molecule has 1 aromatic rings. The molecule has 2 unspecified atom stereocenters. The van der Waals surface area contributed by atoms with Gasteiger partial charge in [0.05, 0.1) is 16.5 Å². The number of allylic oxidation sites excluding steroid dienone is 2. The molecule has 1 fully saturated rings. The molecular formula is C17H21ClN2O2. The maximum absolute atomic E-state index is 12.2. The number of amides is 2. The van der Waals surface area contributed by atoms with Crippen LogP contribution < -0.4 is 10.9 Å². The van der Waals surface area contributed by atoms with Crippen LogP contribution in [0.15, 0.2) is 35.9 Å². The van der Waals surface area contributed by atoms with Gasteiger partial charge in [0.25, 0.3) is 5.91 Å². The number of carbonyl (C=O) groups is 2. The summed E-state index contributed by atoms with van der Waals surface area (Å²) in [7, 11) is 0. The van der Waals surface area contributed by atoms with Crippen LogP contribution in [0.1, 0.15) is 38.1 Å². The number of rotatable bonds is 3. The summed E-state index contributed by atoms with van der Waals surface area (Å²) >= 11 is 5.95. The van der Waals surface area contributed by atoms with Crippen LogP contribution >= 0.6 is 11.6 Å². The average molecular weight is 321 g/mol. The van der Waals surface area contributed by atoms with E-state index in [4.69, 9.17) is 11.6 Å². The van der Waals surface area contributed by atoms with E-state index in [9.17, 15) is 9.59 Å². The molecule has 0 spiro atoms. The predicted molar refractivity (Wildman–Crippen MR) is 87.3 cm³/mol. The Morgan fingerprint density at radius 2 is 1.82 bits per heavy atom. The van der Waals surface area contributed by atoms with Gasteiger partial charge in [0.2, 0.25) is 5.91 Å². The van der Waals surface area contributed by atoms with E-state index < -0.39 is 5.91 Å². The van der Waals surface area contributed by atoms with Crippen LogP contribution in [0.3, 0.4) is 0 Å². The highest BCUT2D eigenvalue weighted by atomic mass is 35.5. The summed E-state index contributed by atoms with van der Waals surface area (Å²) in [4.78, 5) is 24.3. The second-order valence-electron chi connectivity index (χ2n) is 6.49. The second-order valence-corrected chi connectivity index (χ2v) is 6.90. The molecule has 0 heterocycles. The first kappa shape index (κ1) is 16.6. The molecule has 0 aromatic heterocycles. The topological polar surface area (TPSA) is 58.2 Å². The van der Waals surface area contributed by atoms with Crippen molar-refractivity contribution < 1.29 is 9.59 Å². The number of carbonyl (C=O) groups excluding carboxylic acids is 2. The molecule has 4 nitrogen and oxygen atoms in total. The van der Waals surface area contributed by atoms with Gasteiger partial charge in [-0.05, 0) is 37.3 Å². The van der Waals surface area contributed by atoms with E-state index in [0.29, 0.717) is 10.6 Å². The van der Waals surface area contributed by atoms with E-state index >= 15 is 0 Å². The van der Waals surface area contributed by atoms with Crippen molar-refractivity contribution in [3.8, 4) is 0 Å². The van der Waals surface area contributed by atoms with Crippen LogP contribution in [-0.4, -0.2) is 11.8 Å². The number of nitrogens with one attached hydrogen (secondary N) is 2. The standard InChI is InChI=1S/C17H21ClN2O2/c1-10(2)9-12-14(17(12,3)4)16(22)20-19-15(21)11-7-5-6-8-13(11)18/h5-9,12,14H,1-4H3,(H,19,21)(H,20,22). The molecule has 1 aliphatic rings. The van der Waals surface area contributed by atoms with Gasteiger partial charge in [-0.25, -0.2) is 0 Å². The largest absolute Gasteiger partial charge is 0.273 e. The molecule has 2 atom stereocenters. The van der Waals surface area contributed by atoms with Gasteiger partial charge in [0.15, 0.2) is 0 Å². The lowest BCUT2D eigenvalue weighted by molar-refractivity contribution is -0.123. The van der Waals surface area contributed by atoms with Gasteiger partial charge in [-0.3, -0.25) is 20.4 Å². The van der Waals surface area contributed by atoms with Crippen LogP contribution in [-0.2, 0) is 4.79 Å². The third-order valence-corrected chi connectivity index (χ3v) is 4.45. The minimum atomic E-state index is -0.420. The van der Waals surface area contributed by atoms with Gasteiger partial charge in [0, 0.05) is 0 Å². The molecule has 1 saturated carbocycles. The van der Waals surface area contributed by atoms with E-state index in [1.54, 1.807) is 24.3 Å². The van der Waals surface area contributed by atoms with E-state index in [0.717, 1.165) is 0 Å². The Balaban J connectivity index is 1.96. The van der Waals surface area contributed by atoms with Crippen LogP contribution in [0.5, 0.6) is 0 Å². The van der Waals surface area contributed by atoms with Gasteiger partial charge < -0.3 is 0 Å². The van der Waals surface area contributed by atoms with Crippen molar-refractivity contribution in [2.75, 3.05) is 0 Å². The van der Waals surface area contributed by atoms with Crippen LogP contribution in [0.25, 0.3) is 0 Å². The van der Waals surface area contributed by atoms with E-state index in [-0.39, 0.29) is 23.2 Å². The summed E-state index contributed by atoms with van der Waals surface area (Å²) in [6.07, 6.45) is 2.11. The summed E-state index contributed by atoms with van der Waals surface area (Å²) in [5.74, 6) is -0.521. The summed E-state index contributed by atoms with van der Waals surface area (Å²) in [6, 6.07) is 6.70. The number of benzene rings is 1. The zero-order chi connectivity index (χ0) is 16.5. The maximum atomic E-state index is 12.2. The zero-order valence-electron chi connectivity index (χ0n) is 13.2. The quantitative estimate of drug-likeness (QED) is 0.663. The number of hydrazine groups is 1. The van der Waals surface area contributed by atoms with Crippen LogP contribution in [0, 0.1) is 17.3 Å². The molecule has 118 valence electrons. The first-order valence-corrected chi connectivity index (χ1v) is 7.62. The van der Waals surface area contributed by atoms with E-state index in [1.807, 2.05) is 13.8 Å². The zero-order valence-corrected chi connectivity index (χ0v) is 14.0. The SMILES string of the molecule is CC(C)=CC1C(C(=O)NNC(=O)c2ccccc2Cl)C1(C)C. The Morgan fingerprint density at radius 1 is 1.18 bits per heavy atom. The summed E-state index contributed by atoms with van der Waals surface area (Å²) in [5, 5.41) is 0.350. The molecule has 2 rings (SSSR count). The average Bonchev–Trinajstić information content (AvgIpc) is 2.96. The molecule has 22 heavy (non-hydrogen) atoms. The first-order chi connectivity index (χ1) is 10.2. The molecule has 5 heteroatoms. The highest BCUT2D eigenvalue weighted by Gasteiger charge is 2.60. The Hall–Kier alpha value is -1.81. The third-order valence-electron chi connectivity index (χ3n) is 4.12. The van der Waals surface area contributed by atoms with Crippen molar-refractivity contribution in [2.45, 2.75) is 27.7 Å². The summed E-state index contributed by atoms with van der Waals surface area (Å²) in [5.41, 5.74) is 6.37. The van der Waals surface area contributed by atoms with Crippen molar-refractivity contribution >= 4 is 23.4 Å². The number of hydrogen-bond donors (Lipinski definition) is 2. The van der Waals surface area contributed by atoms with Gasteiger partial charge in [-0.1, -0.05) is 49.2 Å². The van der Waals surface area contributed by atoms with Crippen molar-refractivity contribution in [3.05, 3.63) is 46.5 Å². The fraction of sp³-hybridized carbons (Fsp3) is 0.412. The molecule has 0 saturated heterocycles. The molecule has 2 amide bonds. The normalized spacial score (nSPS) is 21.7.